The molecule has 0 amide bonds. The molecule has 0 spiro atoms. The smallest absolute Gasteiger partial charge is 0.0568 e. The molecular formula is C11H15BrClNO. The van der Waals surface area contributed by atoms with Crippen LogP contribution in [0.1, 0.15) is 13.3 Å². The van der Waals surface area contributed by atoms with Gasteiger partial charge in [0.1, 0.15) is 0 Å². The third kappa shape index (κ3) is 4.87. The summed E-state index contributed by atoms with van der Waals surface area (Å²) in [6, 6.07) is 5.84. The van der Waals surface area contributed by atoms with Gasteiger partial charge in [0.2, 0.25) is 0 Å². The molecular weight excluding hydrogens is 277 g/mol. The van der Waals surface area contributed by atoms with Crippen LogP contribution in [0.2, 0.25) is 5.02 Å². The van der Waals surface area contributed by atoms with Crippen molar-refractivity contribution in [2.24, 2.45) is 0 Å². The zero-order valence-corrected chi connectivity index (χ0v) is 11.1. The van der Waals surface area contributed by atoms with Gasteiger partial charge < -0.3 is 10.1 Å². The van der Waals surface area contributed by atoms with Gasteiger partial charge in [0.05, 0.1) is 5.02 Å². The van der Waals surface area contributed by atoms with Crippen molar-refractivity contribution in [3.63, 3.8) is 0 Å². The Kier molecular flexibility index (Phi) is 6.06. The standard InChI is InChI=1S/C11H15BrClNO/c1-2-15-7-3-6-14-9-4-5-10(12)11(13)8-9/h4-5,8,14H,2-3,6-7H2,1H3. The molecule has 0 aromatic heterocycles. The van der Waals surface area contributed by atoms with Crippen molar-refractivity contribution in [1.29, 1.82) is 0 Å². The van der Waals surface area contributed by atoms with Crippen LogP contribution in [-0.2, 0) is 4.74 Å². The van der Waals surface area contributed by atoms with Gasteiger partial charge in [-0.3, -0.25) is 0 Å². The van der Waals surface area contributed by atoms with Crippen LogP contribution in [0.3, 0.4) is 0 Å². The third-order valence-electron chi connectivity index (χ3n) is 1.92. The minimum atomic E-state index is 0.727. The Morgan fingerprint density at radius 3 is 2.93 bits per heavy atom. The number of anilines is 1. The average molecular weight is 293 g/mol. The molecule has 0 heterocycles. The van der Waals surface area contributed by atoms with Crippen LogP contribution in [0.25, 0.3) is 0 Å². The summed E-state index contributed by atoms with van der Waals surface area (Å²) < 4.78 is 6.16. The second kappa shape index (κ2) is 7.09. The molecule has 0 atom stereocenters. The first-order valence-corrected chi connectivity index (χ1v) is 6.17. The van der Waals surface area contributed by atoms with Crippen molar-refractivity contribution >= 4 is 33.2 Å². The highest BCUT2D eigenvalue weighted by Gasteiger charge is 1.97. The lowest BCUT2D eigenvalue weighted by Crippen LogP contribution is -2.05. The molecule has 1 rings (SSSR count). The van der Waals surface area contributed by atoms with E-state index in [4.69, 9.17) is 16.3 Å². The SMILES string of the molecule is CCOCCCNc1ccc(Br)c(Cl)c1. The minimum Gasteiger partial charge on any atom is -0.385 e. The van der Waals surface area contributed by atoms with E-state index in [1.165, 1.54) is 0 Å². The average Bonchev–Trinajstić information content (AvgIpc) is 2.23. The number of nitrogens with one attached hydrogen (secondary N) is 1. The summed E-state index contributed by atoms with van der Waals surface area (Å²) in [7, 11) is 0. The van der Waals surface area contributed by atoms with Gasteiger partial charge in [0.25, 0.3) is 0 Å². The monoisotopic (exact) mass is 291 g/mol. The van der Waals surface area contributed by atoms with Crippen molar-refractivity contribution < 1.29 is 4.74 Å². The van der Waals surface area contributed by atoms with Crippen LogP contribution in [-0.4, -0.2) is 19.8 Å². The summed E-state index contributed by atoms with van der Waals surface area (Å²) in [5, 5.41) is 4.01. The molecule has 4 heteroatoms. The fourth-order valence-electron chi connectivity index (χ4n) is 1.16. The van der Waals surface area contributed by atoms with E-state index in [-0.39, 0.29) is 0 Å². The van der Waals surface area contributed by atoms with Gasteiger partial charge >= 0.3 is 0 Å². The molecule has 84 valence electrons. The first kappa shape index (κ1) is 12.8. The maximum atomic E-state index is 5.96. The van der Waals surface area contributed by atoms with Crippen molar-refractivity contribution in [3.8, 4) is 0 Å². The number of halogens is 2. The van der Waals surface area contributed by atoms with Crippen molar-refractivity contribution in [2.75, 3.05) is 25.1 Å². The molecule has 0 unspecified atom stereocenters. The van der Waals surface area contributed by atoms with E-state index in [2.05, 4.69) is 21.2 Å². The molecule has 0 aliphatic rings. The van der Waals surface area contributed by atoms with Crippen LogP contribution in [0.4, 0.5) is 5.69 Å². The summed E-state index contributed by atoms with van der Waals surface area (Å²) in [6.07, 6.45) is 1.00. The first-order chi connectivity index (χ1) is 7.24. The molecule has 0 saturated carbocycles. The van der Waals surface area contributed by atoms with E-state index >= 15 is 0 Å². The summed E-state index contributed by atoms with van der Waals surface area (Å²) in [6.45, 7) is 4.48. The van der Waals surface area contributed by atoms with E-state index < -0.39 is 0 Å². The lowest BCUT2D eigenvalue weighted by molar-refractivity contribution is 0.147. The van der Waals surface area contributed by atoms with Crippen LogP contribution >= 0.6 is 27.5 Å². The van der Waals surface area contributed by atoms with Gasteiger partial charge in [0, 0.05) is 29.9 Å². The van der Waals surface area contributed by atoms with Crippen LogP contribution in [0.15, 0.2) is 22.7 Å². The zero-order valence-electron chi connectivity index (χ0n) is 8.72. The predicted molar refractivity (Wildman–Crippen MR) is 68.8 cm³/mol. The molecule has 2 nitrogen and oxygen atoms in total. The van der Waals surface area contributed by atoms with Crippen LogP contribution < -0.4 is 5.32 Å². The van der Waals surface area contributed by atoms with Gasteiger partial charge in [-0.2, -0.15) is 0 Å². The van der Waals surface area contributed by atoms with Gasteiger partial charge in [-0.25, -0.2) is 0 Å². The van der Waals surface area contributed by atoms with E-state index in [0.717, 1.165) is 41.4 Å². The molecule has 1 aromatic carbocycles. The van der Waals surface area contributed by atoms with E-state index in [1.54, 1.807) is 0 Å². The summed E-state index contributed by atoms with van der Waals surface area (Å²) in [4.78, 5) is 0. The molecule has 0 radical (unpaired) electrons. The molecule has 15 heavy (non-hydrogen) atoms. The van der Waals surface area contributed by atoms with Crippen molar-refractivity contribution in [2.45, 2.75) is 13.3 Å². The zero-order chi connectivity index (χ0) is 11.1. The number of benzene rings is 1. The van der Waals surface area contributed by atoms with Crippen molar-refractivity contribution in [1.82, 2.24) is 0 Å². The fraction of sp³-hybridized carbons (Fsp3) is 0.455. The molecule has 0 bridgehead atoms. The Morgan fingerprint density at radius 1 is 1.47 bits per heavy atom. The van der Waals surface area contributed by atoms with Gasteiger partial charge in [-0.15, -0.1) is 0 Å². The van der Waals surface area contributed by atoms with Gasteiger partial charge in [-0.05, 0) is 47.5 Å². The van der Waals surface area contributed by atoms with E-state index in [1.807, 2.05) is 25.1 Å². The Hall–Kier alpha value is -0.250. The number of hydrogen-bond acceptors (Lipinski definition) is 2. The van der Waals surface area contributed by atoms with E-state index in [0.29, 0.717) is 0 Å². The number of rotatable bonds is 6. The normalized spacial score (nSPS) is 10.3. The molecule has 0 saturated heterocycles. The summed E-state index contributed by atoms with van der Waals surface area (Å²) >= 11 is 9.32. The Balaban J connectivity index is 2.28. The number of hydrogen-bond donors (Lipinski definition) is 1. The van der Waals surface area contributed by atoms with Crippen LogP contribution in [0, 0.1) is 0 Å². The molecule has 0 aliphatic heterocycles. The Morgan fingerprint density at radius 2 is 2.27 bits per heavy atom. The maximum Gasteiger partial charge on any atom is 0.0568 e. The highest BCUT2D eigenvalue weighted by molar-refractivity contribution is 9.10. The Bertz CT molecular complexity index is 307. The minimum absolute atomic E-state index is 0.727. The largest absolute Gasteiger partial charge is 0.385 e. The summed E-state index contributed by atoms with van der Waals surface area (Å²) in [5.41, 5.74) is 1.04. The second-order valence-electron chi connectivity index (χ2n) is 3.11. The Labute approximate surface area is 104 Å². The molecule has 0 fully saturated rings. The van der Waals surface area contributed by atoms with Crippen LogP contribution in [0.5, 0.6) is 0 Å². The number of ether oxygens (including phenoxy) is 1. The van der Waals surface area contributed by atoms with E-state index in [9.17, 15) is 0 Å². The lowest BCUT2D eigenvalue weighted by Gasteiger charge is -2.07. The topological polar surface area (TPSA) is 21.3 Å². The quantitative estimate of drug-likeness (QED) is 0.802. The lowest BCUT2D eigenvalue weighted by atomic mass is 10.3. The predicted octanol–water partition coefficient (Wildman–Crippen LogP) is 3.94. The highest BCUT2D eigenvalue weighted by atomic mass is 79.9. The molecule has 1 N–H and O–H groups in total. The fourth-order valence-corrected chi connectivity index (χ4v) is 1.58. The van der Waals surface area contributed by atoms with Gasteiger partial charge in [-0.1, -0.05) is 11.6 Å². The van der Waals surface area contributed by atoms with Gasteiger partial charge in [0.15, 0.2) is 0 Å². The maximum absolute atomic E-state index is 5.96. The third-order valence-corrected chi connectivity index (χ3v) is 3.15. The molecule has 1 aromatic rings. The highest BCUT2D eigenvalue weighted by Crippen LogP contribution is 2.25. The molecule has 0 aliphatic carbocycles. The summed E-state index contributed by atoms with van der Waals surface area (Å²) in [5.74, 6) is 0. The second-order valence-corrected chi connectivity index (χ2v) is 4.37. The first-order valence-electron chi connectivity index (χ1n) is 5.00. The van der Waals surface area contributed by atoms with Crippen molar-refractivity contribution in [3.05, 3.63) is 27.7 Å².